The van der Waals surface area contributed by atoms with Crippen molar-refractivity contribution in [2.24, 2.45) is 0 Å². The second-order valence-electron chi connectivity index (χ2n) is 5.93. The fraction of sp³-hybridized carbons (Fsp3) is 0.235. The van der Waals surface area contributed by atoms with Crippen molar-refractivity contribution in [3.8, 4) is 5.69 Å². The average molecular weight is 368 g/mol. The fourth-order valence-corrected chi connectivity index (χ4v) is 3.73. The normalized spacial score (nSPS) is 16.6. The zero-order valence-corrected chi connectivity index (χ0v) is 14.6. The Bertz CT molecular complexity index is 909. The number of carbonyl (C=O) groups is 2. The molecule has 1 aliphatic heterocycles. The van der Waals surface area contributed by atoms with Gasteiger partial charge in [-0.2, -0.15) is 0 Å². The number of benzene rings is 1. The molecule has 1 aliphatic rings. The number of amides is 2. The van der Waals surface area contributed by atoms with Crippen LogP contribution in [0.4, 0.5) is 5.69 Å². The van der Waals surface area contributed by atoms with E-state index in [1.54, 1.807) is 23.1 Å². The van der Waals surface area contributed by atoms with Gasteiger partial charge in [0.25, 0.3) is 5.91 Å². The van der Waals surface area contributed by atoms with Crippen LogP contribution in [-0.4, -0.2) is 49.5 Å². The lowest BCUT2D eigenvalue weighted by Gasteiger charge is -2.23. The third-order valence-electron chi connectivity index (χ3n) is 4.28. The van der Waals surface area contributed by atoms with E-state index in [1.807, 2.05) is 23.6 Å². The summed E-state index contributed by atoms with van der Waals surface area (Å²) in [5.74, 6) is -0.263. The first-order valence-corrected chi connectivity index (χ1v) is 9.09. The Morgan fingerprint density at radius 1 is 1.23 bits per heavy atom. The molecule has 2 amide bonds. The number of anilines is 1. The lowest BCUT2D eigenvalue weighted by Crippen LogP contribution is -2.42. The number of likely N-dealkylation sites (tertiary alicyclic amines) is 1. The molecule has 26 heavy (non-hydrogen) atoms. The Hall–Kier alpha value is -3.07. The molecule has 0 aliphatic carbocycles. The molecule has 0 radical (unpaired) electrons. The Kier molecular flexibility index (Phi) is 4.44. The van der Waals surface area contributed by atoms with Crippen molar-refractivity contribution >= 4 is 28.8 Å². The van der Waals surface area contributed by atoms with Crippen molar-refractivity contribution in [2.75, 3.05) is 11.9 Å². The number of hydrogen-bond donors (Lipinski definition) is 1. The van der Waals surface area contributed by atoms with Crippen LogP contribution < -0.4 is 5.32 Å². The number of nitrogens with zero attached hydrogens (tertiary/aromatic N) is 5. The zero-order valence-electron chi connectivity index (χ0n) is 13.8. The van der Waals surface area contributed by atoms with E-state index >= 15 is 0 Å². The van der Waals surface area contributed by atoms with Crippen molar-refractivity contribution in [2.45, 2.75) is 18.9 Å². The first-order valence-electron chi connectivity index (χ1n) is 8.21. The molecule has 1 fully saturated rings. The van der Waals surface area contributed by atoms with Crippen molar-refractivity contribution in [3.05, 3.63) is 53.0 Å². The van der Waals surface area contributed by atoms with Crippen LogP contribution >= 0.6 is 11.3 Å². The maximum absolute atomic E-state index is 12.7. The smallest absolute Gasteiger partial charge is 0.264 e. The number of aromatic nitrogens is 4. The molecule has 8 nitrogen and oxygen atoms in total. The van der Waals surface area contributed by atoms with Gasteiger partial charge in [0.2, 0.25) is 5.91 Å². The lowest BCUT2D eigenvalue weighted by molar-refractivity contribution is -0.119. The topological polar surface area (TPSA) is 93.0 Å². The quantitative estimate of drug-likeness (QED) is 0.760. The van der Waals surface area contributed by atoms with Gasteiger partial charge in [0.15, 0.2) is 0 Å². The number of carbonyl (C=O) groups excluding carboxylic acids is 2. The summed E-state index contributed by atoms with van der Waals surface area (Å²) in [7, 11) is 0. The Morgan fingerprint density at radius 2 is 2.15 bits per heavy atom. The molecule has 9 heteroatoms. The molecule has 0 bridgehead atoms. The number of thiophene rings is 1. The summed E-state index contributed by atoms with van der Waals surface area (Å²) in [6.07, 6.45) is 2.97. The Balaban J connectivity index is 1.49. The molecule has 0 spiro atoms. The van der Waals surface area contributed by atoms with E-state index in [-0.39, 0.29) is 11.8 Å². The molecule has 1 saturated heterocycles. The fourth-order valence-electron chi connectivity index (χ4n) is 3.06. The van der Waals surface area contributed by atoms with Crippen molar-refractivity contribution < 1.29 is 9.59 Å². The third kappa shape index (κ3) is 3.21. The monoisotopic (exact) mass is 368 g/mol. The summed E-state index contributed by atoms with van der Waals surface area (Å²) in [6, 6.07) is 10.4. The molecule has 4 rings (SSSR count). The van der Waals surface area contributed by atoms with Crippen LogP contribution in [0, 0.1) is 0 Å². The van der Waals surface area contributed by atoms with Crippen LogP contribution in [0.3, 0.4) is 0 Å². The highest BCUT2D eigenvalue weighted by atomic mass is 32.1. The highest BCUT2D eigenvalue weighted by molar-refractivity contribution is 7.12. The minimum absolute atomic E-state index is 0.0832. The van der Waals surface area contributed by atoms with Gasteiger partial charge in [-0.25, -0.2) is 4.68 Å². The molecule has 132 valence electrons. The maximum atomic E-state index is 12.7. The SMILES string of the molecule is O=C(Nc1cccc(-n2cnnn2)c1)[C@H]1CCCN1C(=O)c1cccs1. The minimum atomic E-state index is -0.457. The summed E-state index contributed by atoms with van der Waals surface area (Å²) in [6.45, 7) is 0.597. The van der Waals surface area contributed by atoms with Crippen LogP contribution in [0.2, 0.25) is 0 Å². The van der Waals surface area contributed by atoms with Gasteiger partial charge in [-0.15, -0.1) is 16.4 Å². The molecule has 1 atom stereocenters. The first kappa shape index (κ1) is 16.4. The van der Waals surface area contributed by atoms with Crippen molar-refractivity contribution in [1.82, 2.24) is 25.1 Å². The summed E-state index contributed by atoms with van der Waals surface area (Å²) in [4.78, 5) is 27.7. The van der Waals surface area contributed by atoms with E-state index in [0.717, 1.165) is 12.1 Å². The molecule has 2 aromatic heterocycles. The van der Waals surface area contributed by atoms with Gasteiger partial charge in [0.1, 0.15) is 12.4 Å². The molecule has 3 heterocycles. The maximum Gasteiger partial charge on any atom is 0.264 e. The van der Waals surface area contributed by atoms with Gasteiger partial charge >= 0.3 is 0 Å². The second-order valence-corrected chi connectivity index (χ2v) is 6.88. The van der Waals surface area contributed by atoms with E-state index in [2.05, 4.69) is 20.8 Å². The van der Waals surface area contributed by atoms with Gasteiger partial charge in [-0.1, -0.05) is 12.1 Å². The lowest BCUT2D eigenvalue weighted by atomic mass is 10.2. The molecule has 0 saturated carbocycles. The summed E-state index contributed by atoms with van der Waals surface area (Å²) in [5.41, 5.74) is 1.38. The van der Waals surface area contributed by atoms with E-state index < -0.39 is 6.04 Å². The van der Waals surface area contributed by atoms with Gasteiger partial charge in [-0.05, 0) is 52.9 Å². The first-order chi connectivity index (χ1) is 12.7. The van der Waals surface area contributed by atoms with Crippen molar-refractivity contribution in [3.63, 3.8) is 0 Å². The number of rotatable bonds is 4. The highest BCUT2D eigenvalue weighted by Gasteiger charge is 2.34. The van der Waals surface area contributed by atoms with Crippen LogP contribution in [0.5, 0.6) is 0 Å². The average Bonchev–Trinajstić information content (AvgIpc) is 3.44. The largest absolute Gasteiger partial charge is 0.326 e. The van der Waals surface area contributed by atoms with Gasteiger partial charge in [-0.3, -0.25) is 9.59 Å². The van der Waals surface area contributed by atoms with Crippen LogP contribution in [-0.2, 0) is 4.79 Å². The van der Waals surface area contributed by atoms with E-state index in [0.29, 0.717) is 23.5 Å². The molecular weight excluding hydrogens is 352 g/mol. The second kappa shape index (κ2) is 7.04. The van der Waals surface area contributed by atoms with E-state index in [9.17, 15) is 9.59 Å². The van der Waals surface area contributed by atoms with E-state index in [4.69, 9.17) is 0 Å². The summed E-state index contributed by atoms with van der Waals surface area (Å²) in [5, 5.41) is 15.8. The number of hydrogen-bond acceptors (Lipinski definition) is 6. The predicted octanol–water partition coefficient (Wildman–Crippen LogP) is 1.97. The van der Waals surface area contributed by atoms with E-state index in [1.165, 1.54) is 22.3 Å². The van der Waals surface area contributed by atoms with Crippen molar-refractivity contribution in [1.29, 1.82) is 0 Å². The minimum Gasteiger partial charge on any atom is -0.326 e. The molecular formula is C17H16N6O2S. The number of nitrogens with one attached hydrogen (secondary N) is 1. The summed E-state index contributed by atoms with van der Waals surface area (Å²) < 4.78 is 1.51. The molecule has 0 unspecified atom stereocenters. The van der Waals surface area contributed by atoms with Crippen LogP contribution in [0.15, 0.2) is 48.1 Å². The Morgan fingerprint density at radius 3 is 2.92 bits per heavy atom. The summed E-state index contributed by atoms with van der Waals surface area (Å²) >= 11 is 1.39. The van der Waals surface area contributed by atoms with Crippen LogP contribution in [0.1, 0.15) is 22.5 Å². The predicted molar refractivity (Wildman–Crippen MR) is 96.2 cm³/mol. The number of tetrazole rings is 1. The van der Waals surface area contributed by atoms with Gasteiger partial charge in [0.05, 0.1) is 10.6 Å². The third-order valence-corrected chi connectivity index (χ3v) is 5.13. The van der Waals surface area contributed by atoms with Gasteiger partial charge < -0.3 is 10.2 Å². The zero-order chi connectivity index (χ0) is 17.9. The standard InChI is InChI=1S/C17H16N6O2S/c24-16(14-6-2-8-22(14)17(25)15-7-3-9-26-15)19-12-4-1-5-13(10-12)23-11-18-20-21-23/h1,3-5,7,9-11,14H,2,6,8H2,(H,19,24)/t14-/m1/s1. The molecule has 3 aromatic rings. The molecule has 1 N–H and O–H groups in total. The molecule has 1 aromatic carbocycles. The Labute approximate surface area is 153 Å². The highest BCUT2D eigenvalue weighted by Crippen LogP contribution is 2.24. The van der Waals surface area contributed by atoms with Crippen LogP contribution in [0.25, 0.3) is 5.69 Å². The van der Waals surface area contributed by atoms with Gasteiger partial charge in [0, 0.05) is 12.2 Å².